The SMILES string of the molecule is O=C1CC(O)(c2ccc(F)cc2)C(=O)O1. The molecule has 1 aromatic carbocycles. The Labute approximate surface area is 84.3 Å². The van der Waals surface area contributed by atoms with Crippen molar-refractivity contribution in [2.75, 3.05) is 0 Å². The van der Waals surface area contributed by atoms with Gasteiger partial charge in [-0.15, -0.1) is 0 Å². The number of carbonyl (C=O) groups is 2. The van der Waals surface area contributed by atoms with Gasteiger partial charge in [0, 0.05) is 0 Å². The van der Waals surface area contributed by atoms with Gasteiger partial charge >= 0.3 is 11.9 Å². The molecule has 1 N–H and O–H groups in total. The maximum Gasteiger partial charge on any atom is 0.351 e. The summed E-state index contributed by atoms with van der Waals surface area (Å²) in [6.07, 6.45) is -0.433. The lowest BCUT2D eigenvalue weighted by atomic mass is 9.92. The summed E-state index contributed by atoms with van der Waals surface area (Å²) >= 11 is 0. The molecule has 0 aromatic heterocycles. The first-order valence-electron chi connectivity index (χ1n) is 4.26. The second-order valence-electron chi connectivity index (χ2n) is 3.31. The van der Waals surface area contributed by atoms with Gasteiger partial charge in [0.1, 0.15) is 5.82 Å². The Kier molecular flexibility index (Phi) is 2.04. The summed E-state index contributed by atoms with van der Waals surface area (Å²) < 4.78 is 16.8. The number of cyclic esters (lactones) is 2. The van der Waals surface area contributed by atoms with Gasteiger partial charge in [-0.3, -0.25) is 4.79 Å². The highest BCUT2D eigenvalue weighted by Crippen LogP contribution is 2.32. The summed E-state index contributed by atoms with van der Waals surface area (Å²) in [4.78, 5) is 22.0. The number of hydrogen-bond acceptors (Lipinski definition) is 4. The van der Waals surface area contributed by atoms with E-state index in [0.717, 1.165) is 12.1 Å². The highest BCUT2D eigenvalue weighted by atomic mass is 19.1. The lowest BCUT2D eigenvalue weighted by Crippen LogP contribution is -2.30. The van der Waals surface area contributed by atoms with Crippen molar-refractivity contribution in [3.8, 4) is 0 Å². The van der Waals surface area contributed by atoms with E-state index < -0.39 is 29.8 Å². The number of rotatable bonds is 1. The van der Waals surface area contributed by atoms with Crippen molar-refractivity contribution in [1.82, 2.24) is 0 Å². The third-order valence-electron chi connectivity index (χ3n) is 2.27. The molecular weight excluding hydrogens is 203 g/mol. The molecule has 1 fully saturated rings. The lowest BCUT2D eigenvalue weighted by Gasteiger charge is -2.16. The number of benzene rings is 1. The molecule has 2 rings (SSSR count). The van der Waals surface area contributed by atoms with Gasteiger partial charge in [-0.05, 0) is 17.7 Å². The van der Waals surface area contributed by atoms with Crippen molar-refractivity contribution < 1.29 is 23.8 Å². The van der Waals surface area contributed by atoms with Gasteiger partial charge in [-0.1, -0.05) is 12.1 Å². The Balaban J connectivity index is 2.41. The molecule has 1 unspecified atom stereocenters. The molecule has 1 aliphatic rings. The second-order valence-corrected chi connectivity index (χ2v) is 3.31. The first kappa shape index (κ1) is 9.79. The van der Waals surface area contributed by atoms with Crippen molar-refractivity contribution in [2.45, 2.75) is 12.0 Å². The van der Waals surface area contributed by atoms with Gasteiger partial charge in [0.05, 0.1) is 6.42 Å². The molecule has 5 heteroatoms. The van der Waals surface area contributed by atoms with E-state index in [1.54, 1.807) is 0 Å². The minimum Gasteiger partial charge on any atom is -0.391 e. The van der Waals surface area contributed by atoms with E-state index in [1.165, 1.54) is 12.1 Å². The Bertz CT molecular complexity index is 426. The van der Waals surface area contributed by atoms with Crippen LogP contribution in [0, 0.1) is 5.82 Å². The summed E-state index contributed by atoms with van der Waals surface area (Å²) in [5.74, 6) is -2.29. The Hall–Kier alpha value is -1.75. The van der Waals surface area contributed by atoms with Crippen LogP contribution < -0.4 is 0 Å². The predicted octanol–water partition coefficient (Wildman–Crippen LogP) is 0.487. The van der Waals surface area contributed by atoms with Crippen molar-refractivity contribution in [2.24, 2.45) is 0 Å². The highest BCUT2D eigenvalue weighted by molar-refractivity contribution is 5.99. The second kappa shape index (κ2) is 3.13. The van der Waals surface area contributed by atoms with Gasteiger partial charge in [-0.2, -0.15) is 0 Å². The van der Waals surface area contributed by atoms with Crippen LogP contribution in [0.2, 0.25) is 0 Å². The van der Waals surface area contributed by atoms with Crippen LogP contribution in [-0.4, -0.2) is 17.0 Å². The minimum absolute atomic E-state index is 0.153. The van der Waals surface area contributed by atoms with E-state index in [1.807, 2.05) is 0 Å². The third-order valence-corrected chi connectivity index (χ3v) is 2.27. The predicted molar refractivity (Wildman–Crippen MR) is 46.0 cm³/mol. The van der Waals surface area contributed by atoms with E-state index >= 15 is 0 Å². The van der Waals surface area contributed by atoms with Gasteiger partial charge < -0.3 is 9.84 Å². The van der Waals surface area contributed by atoms with Crippen LogP contribution in [0.1, 0.15) is 12.0 Å². The molecule has 1 saturated heterocycles. The summed E-state index contributed by atoms with van der Waals surface area (Å²) in [6.45, 7) is 0. The number of halogens is 1. The number of esters is 2. The normalized spacial score (nSPS) is 25.5. The zero-order valence-corrected chi connectivity index (χ0v) is 7.57. The molecule has 0 spiro atoms. The molecular formula is C10H7FO4. The average molecular weight is 210 g/mol. The molecule has 78 valence electrons. The Morgan fingerprint density at radius 3 is 2.33 bits per heavy atom. The van der Waals surface area contributed by atoms with Crippen LogP contribution in [0.5, 0.6) is 0 Å². The van der Waals surface area contributed by atoms with E-state index in [0.29, 0.717) is 0 Å². The first-order valence-corrected chi connectivity index (χ1v) is 4.26. The van der Waals surface area contributed by atoms with Crippen LogP contribution in [0.15, 0.2) is 24.3 Å². The maximum absolute atomic E-state index is 12.6. The molecule has 0 aliphatic carbocycles. The molecule has 0 amide bonds. The molecule has 4 nitrogen and oxygen atoms in total. The van der Waals surface area contributed by atoms with Crippen molar-refractivity contribution in [1.29, 1.82) is 0 Å². The monoisotopic (exact) mass is 210 g/mol. The summed E-state index contributed by atoms with van der Waals surface area (Å²) in [6, 6.07) is 4.69. The van der Waals surface area contributed by atoms with Gasteiger partial charge in [-0.25, -0.2) is 9.18 Å². The highest BCUT2D eigenvalue weighted by Gasteiger charge is 2.49. The summed E-state index contributed by atoms with van der Waals surface area (Å²) in [5.41, 5.74) is -1.81. The molecule has 1 aromatic rings. The minimum atomic E-state index is -1.97. The zero-order chi connectivity index (χ0) is 11.1. The molecule has 15 heavy (non-hydrogen) atoms. The van der Waals surface area contributed by atoms with E-state index in [-0.39, 0.29) is 5.56 Å². The molecule has 1 atom stereocenters. The molecule has 0 radical (unpaired) electrons. The van der Waals surface area contributed by atoms with Crippen molar-refractivity contribution in [3.05, 3.63) is 35.6 Å². The number of carbonyl (C=O) groups excluding carboxylic acids is 2. The Morgan fingerprint density at radius 2 is 1.87 bits per heavy atom. The first-order chi connectivity index (χ1) is 7.02. The standard InChI is InChI=1S/C10H7FO4/c11-7-3-1-6(2-4-7)10(14)5-8(12)15-9(10)13/h1-4,14H,5H2. The zero-order valence-electron chi connectivity index (χ0n) is 7.57. The summed E-state index contributed by atoms with van der Waals surface area (Å²) in [5, 5.41) is 9.87. The topological polar surface area (TPSA) is 63.6 Å². The van der Waals surface area contributed by atoms with Crippen molar-refractivity contribution >= 4 is 11.9 Å². The largest absolute Gasteiger partial charge is 0.391 e. The van der Waals surface area contributed by atoms with Crippen LogP contribution in [0.25, 0.3) is 0 Å². The molecule has 0 bridgehead atoms. The maximum atomic E-state index is 12.6. The van der Waals surface area contributed by atoms with Crippen LogP contribution in [0.3, 0.4) is 0 Å². The lowest BCUT2D eigenvalue weighted by molar-refractivity contribution is -0.159. The smallest absolute Gasteiger partial charge is 0.351 e. The molecule has 1 heterocycles. The van der Waals surface area contributed by atoms with Crippen LogP contribution in [-0.2, 0) is 19.9 Å². The van der Waals surface area contributed by atoms with E-state index in [2.05, 4.69) is 4.74 Å². The van der Waals surface area contributed by atoms with Gasteiger partial charge in [0.2, 0.25) is 0 Å². The summed E-state index contributed by atoms with van der Waals surface area (Å²) in [7, 11) is 0. The third kappa shape index (κ3) is 1.50. The Morgan fingerprint density at radius 1 is 1.27 bits per heavy atom. The van der Waals surface area contributed by atoms with Crippen LogP contribution >= 0.6 is 0 Å². The quantitative estimate of drug-likeness (QED) is 0.541. The van der Waals surface area contributed by atoms with Crippen LogP contribution in [0.4, 0.5) is 4.39 Å². The fraction of sp³-hybridized carbons (Fsp3) is 0.200. The molecule has 0 saturated carbocycles. The average Bonchev–Trinajstić information content (AvgIpc) is 2.42. The number of ether oxygens (including phenoxy) is 1. The number of aliphatic hydroxyl groups is 1. The van der Waals surface area contributed by atoms with Gasteiger partial charge in [0.15, 0.2) is 5.60 Å². The van der Waals surface area contributed by atoms with E-state index in [9.17, 15) is 19.1 Å². The van der Waals surface area contributed by atoms with E-state index in [4.69, 9.17) is 0 Å². The van der Waals surface area contributed by atoms with Crippen molar-refractivity contribution in [3.63, 3.8) is 0 Å². The fourth-order valence-corrected chi connectivity index (χ4v) is 1.45. The van der Waals surface area contributed by atoms with Gasteiger partial charge in [0.25, 0.3) is 0 Å². The fourth-order valence-electron chi connectivity index (χ4n) is 1.45. The number of hydrogen-bond donors (Lipinski definition) is 1. The molecule has 1 aliphatic heterocycles.